The van der Waals surface area contributed by atoms with Gasteiger partial charge in [0.25, 0.3) is 0 Å². The van der Waals surface area contributed by atoms with E-state index in [2.05, 4.69) is 38.8 Å². The van der Waals surface area contributed by atoms with E-state index < -0.39 is 0 Å². The number of pyridine rings is 1. The Hall–Kier alpha value is -1.47. The lowest BCUT2D eigenvalue weighted by Gasteiger charge is -2.10. The van der Waals surface area contributed by atoms with Crippen molar-refractivity contribution in [1.82, 2.24) is 30.5 Å². The number of tetrazole rings is 1. The van der Waals surface area contributed by atoms with Crippen LogP contribution in [0.25, 0.3) is 0 Å². The number of rotatable bonds is 5. The second-order valence-electron chi connectivity index (χ2n) is 4.68. The molecule has 7 heteroatoms. The number of nitrogens with one attached hydrogen (secondary N) is 1. The zero-order valence-electron chi connectivity index (χ0n) is 10.9. The van der Waals surface area contributed by atoms with E-state index >= 15 is 0 Å². The van der Waals surface area contributed by atoms with E-state index in [-0.39, 0.29) is 0 Å². The molecule has 0 saturated heterocycles. The van der Waals surface area contributed by atoms with Crippen molar-refractivity contribution in [2.75, 3.05) is 7.05 Å². The van der Waals surface area contributed by atoms with E-state index in [1.165, 1.54) is 30.2 Å². The van der Waals surface area contributed by atoms with Crippen molar-refractivity contribution in [1.29, 1.82) is 0 Å². The highest BCUT2D eigenvalue weighted by Gasteiger charge is 2.28. The molecule has 1 N–H and O–H groups in total. The number of hydrogen-bond donors (Lipinski definition) is 1. The summed E-state index contributed by atoms with van der Waals surface area (Å²) < 4.78 is 1.90. The Morgan fingerprint density at radius 3 is 2.89 bits per heavy atom. The van der Waals surface area contributed by atoms with Crippen molar-refractivity contribution >= 4 is 11.8 Å². The second-order valence-corrected chi connectivity index (χ2v) is 5.67. The molecule has 3 rings (SSSR count). The summed E-state index contributed by atoms with van der Waals surface area (Å²) in [5.41, 5.74) is 1.17. The van der Waals surface area contributed by atoms with E-state index in [9.17, 15) is 0 Å². The van der Waals surface area contributed by atoms with E-state index in [0.717, 1.165) is 10.2 Å². The summed E-state index contributed by atoms with van der Waals surface area (Å²) in [4.78, 5) is 4.46. The van der Waals surface area contributed by atoms with Gasteiger partial charge in [-0.3, -0.25) is 0 Å². The van der Waals surface area contributed by atoms with Crippen molar-refractivity contribution in [3.8, 4) is 0 Å². The van der Waals surface area contributed by atoms with Crippen LogP contribution in [-0.2, 0) is 0 Å². The van der Waals surface area contributed by atoms with Crippen molar-refractivity contribution in [3.05, 3.63) is 23.9 Å². The van der Waals surface area contributed by atoms with E-state index in [0.29, 0.717) is 12.1 Å². The molecule has 0 aromatic carbocycles. The molecule has 0 aliphatic heterocycles. The average Bonchev–Trinajstić information content (AvgIpc) is 3.19. The first-order valence-corrected chi connectivity index (χ1v) is 7.18. The van der Waals surface area contributed by atoms with Gasteiger partial charge in [0.2, 0.25) is 5.16 Å². The first kappa shape index (κ1) is 12.6. The summed E-state index contributed by atoms with van der Waals surface area (Å²) in [5, 5.41) is 16.8. The van der Waals surface area contributed by atoms with Crippen molar-refractivity contribution in [2.24, 2.45) is 0 Å². The Balaban J connectivity index is 1.74. The minimum atomic E-state index is 0.309. The number of aromatic nitrogens is 5. The fourth-order valence-electron chi connectivity index (χ4n) is 1.77. The molecule has 0 radical (unpaired) electrons. The summed E-state index contributed by atoms with van der Waals surface area (Å²) in [6.07, 6.45) is 4.24. The molecule has 100 valence electrons. The summed E-state index contributed by atoms with van der Waals surface area (Å²) in [7, 11) is 1.94. The summed E-state index contributed by atoms with van der Waals surface area (Å²) in [6.45, 7) is 2.11. The molecule has 0 spiro atoms. The van der Waals surface area contributed by atoms with Crippen molar-refractivity contribution < 1.29 is 0 Å². The zero-order chi connectivity index (χ0) is 13.2. The zero-order valence-corrected chi connectivity index (χ0v) is 11.8. The summed E-state index contributed by atoms with van der Waals surface area (Å²) >= 11 is 1.51. The SMILES string of the molecule is CNC(C)c1ccc(Sc2nnnn2C2CC2)nc1. The molecular weight excluding hydrogens is 260 g/mol. The Morgan fingerprint density at radius 2 is 2.26 bits per heavy atom. The Kier molecular flexibility index (Phi) is 3.48. The van der Waals surface area contributed by atoms with Gasteiger partial charge in [-0.2, -0.15) is 0 Å². The highest BCUT2D eigenvalue weighted by molar-refractivity contribution is 7.99. The molecule has 1 aliphatic carbocycles. The highest BCUT2D eigenvalue weighted by atomic mass is 32.2. The van der Waals surface area contributed by atoms with E-state index in [1.807, 2.05) is 24.0 Å². The lowest BCUT2D eigenvalue weighted by Crippen LogP contribution is -2.12. The van der Waals surface area contributed by atoms with Crippen LogP contribution < -0.4 is 5.32 Å². The van der Waals surface area contributed by atoms with Gasteiger partial charge in [0.15, 0.2) is 0 Å². The van der Waals surface area contributed by atoms with E-state index in [4.69, 9.17) is 0 Å². The predicted molar refractivity (Wildman–Crippen MR) is 71.9 cm³/mol. The standard InChI is InChI=1S/C12H16N6S/c1-8(13-2)9-3-6-11(14-7-9)19-12-15-16-17-18(12)10-4-5-10/h3,6-8,10,13H,4-5H2,1-2H3. The molecular formula is C12H16N6S. The average molecular weight is 276 g/mol. The van der Waals surface area contributed by atoms with Crippen LogP contribution in [0, 0.1) is 0 Å². The lowest BCUT2D eigenvalue weighted by molar-refractivity contribution is 0.565. The Morgan fingerprint density at radius 1 is 1.42 bits per heavy atom. The van der Waals surface area contributed by atoms with Gasteiger partial charge >= 0.3 is 0 Å². The van der Waals surface area contributed by atoms with Crippen LogP contribution in [0.5, 0.6) is 0 Å². The molecule has 0 bridgehead atoms. The second kappa shape index (κ2) is 5.26. The third-order valence-electron chi connectivity index (χ3n) is 3.24. The normalized spacial score (nSPS) is 16.5. The van der Waals surface area contributed by atoms with Crippen molar-refractivity contribution in [3.63, 3.8) is 0 Å². The fourth-order valence-corrected chi connectivity index (χ4v) is 2.55. The summed E-state index contributed by atoms with van der Waals surface area (Å²) in [5.74, 6) is 0. The maximum Gasteiger partial charge on any atom is 0.215 e. The van der Waals surface area contributed by atoms with Gasteiger partial charge in [0.1, 0.15) is 5.03 Å². The van der Waals surface area contributed by atoms with Crippen LogP contribution in [0.1, 0.15) is 37.4 Å². The Labute approximate surface area is 116 Å². The first-order chi connectivity index (χ1) is 9.28. The molecule has 1 fully saturated rings. The van der Waals surface area contributed by atoms with Crippen LogP contribution in [0.2, 0.25) is 0 Å². The number of nitrogens with zero attached hydrogens (tertiary/aromatic N) is 5. The maximum absolute atomic E-state index is 4.46. The minimum absolute atomic E-state index is 0.309. The molecule has 6 nitrogen and oxygen atoms in total. The maximum atomic E-state index is 4.46. The fraction of sp³-hybridized carbons (Fsp3) is 0.500. The molecule has 1 aliphatic rings. The topological polar surface area (TPSA) is 68.5 Å². The molecule has 19 heavy (non-hydrogen) atoms. The van der Waals surface area contributed by atoms with Gasteiger partial charge < -0.3 is 5.32 Å². The monoisotopic (exact) mass is 276 g/mol. The third-order valence-corrected chi connectivity index (χ3v) is 4.15. The Bertz CT molecular complexity index is 548. The summed E-state index contributed by atoms with van der Waals surface area (Å²) in [6, 6.07) is 4.89. The smallest absolute Gasteiger partial charge is 0.215 e. The van der Waals surface area contributed by atoms with Gasteiger partial charge in [-0.1, -0.05) is 6.07 Å². The van der Waals surface area contributed by atoms with Crippen LogP contribution in [0.3, 0.4) is 0 Å². The van der Waals surface area contributed by atoms with Crippen LogP contribution in [0.15, 0.2) is 28.5 Å². The largest absolute Gasteiger partial charge is 0.313 e. The molecule has 2 heterocycles. The van der Waals surface area contributed by atoms with Gasteiger partial charge in [-0.05, 0) is 60.6 Å². The molecule has 2 aromatic heterocycles. The quantitative estimate of drug-likeness (QED) is 0.898. The first-order valence-electron chi connectivity index (χ1n) is 6.37. The van der Waals surface area contributed by atoms with E-state index in [1.54, 1.807) is 0 Å². The van der Waals surface area contributed by atoms with Crippen LogP contribution >= 0.6 is 11.8 Å². The molecule has 1 saturated carbocycles. The molecule has 0 amide bonds. The molecule has 1 atom stereocenters. The predicted octanol–water partition coefficient (Wildman–Crippen LogP) is 1.83. The van der Waals surface area contributed by atoms with Crippen molar-refractivity contribution in [2.45, 2.75) is 42.0 Å². The van der Waals surface area contributed by atoms with Crippen LogP contribution in [-0.4, -0.2) is 32.2 Å². The highest BCUT2D eigenvalue weighted by Crippen LogP contribution is 2.37. The minimum Gasteiger partial charge on any atom is -0.313 e. The van der Waals surface area contributed by atoms with Gasteiger partial charge in [0.05, 0.1) is 6.04 Å². The molecule has 2 aromatic rings. The third kappa shape index (κ3) is 2.76. The van der Waals surface area contributed by atoms with Gasteiger partial charge in [-0.25, -0.2) is 9.67 Å². The number of hydrogen-bond acceptors (Lipinski definition) is 6. The van der Waals surface area contributed by atoms with Gasteiger partial charge in [0, 0.05) is 12.2 Å². The van der Waals surface area contributed by atoms with Gasteiger partial charge in [-0.15, -0.1) is 5.10 Å². The van der Waals surface area contributed by atoms with Crippen LogP contribution in [0.4, 0.5) is 0 Å². The lowest BCUT2D eigenvalue weighted by atomic mass is 10.1. The molecule has 1 unspecified atom stereocenters.